The van der Waals surface area contributed by atoms with Crippen molar-refractivity contribution in [3.63, 3.8) is 0 Å². The van der Waals surface area contributed by atoms with Gasteiger partial charge in [0.15, 0.2) is 0 Å². The van der Waals surface area contributed by atoms with Gasteiger partial charge in [-0.05, 0) is 25.0 Å². The average Bonchev–Trinajstić information content (AvgIpc) is 3.09. The summed E-state index contributed by atoms with van der Waals surface area (Å²) in [7, 11) is 2.13. The summed E-state index contributed by atoms with van der Waals surface area (Å²) in [5, 5.41) is 0. The van der Waals surface area contributed by atoms with Crippen LogP contribution >= 0.6 is 0 Å². The van der Waals surface area contributed by atoms with Crippen molar-refractivity contribution in [2.45, 2.75) is 37.6 Å². The second kappa shape index (κ2) is 7.59. The number of carbonyl (C=O) groups is 1. The Kier molecular flexibility index (Phi) is 5.00. The number of aryl methyl sites for hydroxylation is 1. The maximum atomic E-state index is 14.7. The number of hydrogen-bond acceptors (Lipinski definition) is 4. The van der Waals surface area contributed by atoms with Crippen LogP contribution < -0.4 is 9.80 Å². The SMILES string of the molecule is Cc1ccc(C(=O)C(F)(F)CCN2CC[C@H]3[C@@H](C2)c2cccc4c2N3CCN4C)cc1. The number of nitrogens with zero attached hydrogens (tertiary/aromatic N) is 3. The number of para-hydroxylation sites is 1. The van der Waals surface area contributed by atoms with Crippen molar-refractivity contribution in [3.8, 4) is 0 Å². The van der Waals surface area contributed by atoms with Crippen LogP contribution in [0.4, 0.5) is 20.2 Å². The lowest BCUT2D eigenvalue weighted by molar-refractivity contribution is -0.00272. The van der Waals surface area contributed by atoms with Crippen LogP contribution in [0.1, 0.15) is 40.2 Å². The van der Waals surface area contributed by atoms with Crippen LogP contribution in [0.15, 0.2) is 42.5 Å². The Labute approximate surface area is 182 Å². The highest BCUT2D eigenvalue weighted by molar-refractivity contribution is 6.01. The first-order chi connectivity index (χ1) is 14.8. The maximum Gasteiger partial charge on any atom is 0.310 e. The Morgan fingerprint density at radius 3 is 2.65 bits per heavy atom. The summed E-state index contributed by atoms with van der Waals surface area (Å²) in [6.07, 6.45) is 0.538. The van der Waals surface area contributed by atoms with E-state index in [0.717, 1.165) is 38.2 Å². The summed E-state index contributed by atoms with van der Waals surface area (Å²) in [6.45, 7) is 5.71. The molecule has 164 valence electrons. The van der Waals surface area contributed by atoms with Crippen molar-refractivity contribution < 1.29 is 13.6 Å². The molecule has 0 saturated carbocycles. The van der Waals surface area contributed by atoms with E-state index in [1.54, 1.807) is 12.1 Å². The largest absolute Gasteiger partial charge is 0.371 e. The number of alkyl halides is 2. The molecule has 3 aliphatic rings. The molecule has 0 bridgehead atoms. The van der Waals surface area contributed by atoms with E-state index >= 15 is 0 Å². The van der Waals surface area contributed by atoms with Crippen LogP contribution in [0, 0.1) is 6.92 Å². The van der Waals surface area contributed by atoms with Gasteiger partial charge in [0, 0.05) is 63.7 Å². The van der Waals surface area contributed by atoms with E-state index in [-0.39, 0.29) is 12.1 Å². The molecule has 31 heavy (non-hydrogen) atoms. The van der Waals surface area contributed by atoms with Crippen LogP contribution in [0.3, 0.4) is 0 Å². The molecular weight excluding hydrogens is 396 g/mol. The molecule has 0 radical (unpaired) electrons. The van der Waals surface area contributed by atoms with Crippen molar-refractivity contribution in [2.24, 2.45) is 0 Å². The van der Waals surface area contributed by atoms with Crippen LogP contribution in [-0.4, -0.2) is 62.4 Å². The number of ketones is 1. The topological polar surface area (TPSA) is 26.8 Å². The van der Waals surface area contributed by atoms with Gasteiger partial charge < -0.3 is 14.7 Å². The number of benzene rings is 2. The molecule has 4 nitrogen and oxygen atoms in total. The number of rotatable bonds is 5. The van der Waals surface area contributed by atoms with Gasteiger partial charge in [0.2, 0.25) is 5.78 Å². The van der Waals surface area contributed by atoms with E-state index in [0.29, 0.717) is 12.0 Å². The van der Waals surface area contributed by atoms with Gasteiger partial charge in [-0.3, -0.25) is 4.79 Å². The average molecular weight is 426 g/mol. The maximum absolute atomic E-state index is 14.7. The molecule has 0 aromatic heterocycles. The third-order valence-corrected chi connectivity index (χ3v) is 7.27. The molecule has 5 rings (SSSR count). The van der Waals surface area contributed by atoms with E-state index in [1.807, 2.05) is 6.92 Å². The van der Waals surface area contributed by atoms with Crippen LogP contribution in [0.5, 0.6) is 0 Å². The molecule has 0 N–H and O–H groups in total. The number of piperidine rings is 1. The van der Waals surface area contributed by atoms with Gasteiger partial charge in [-0.2, -0.15) is 8.78 Å². The third-order valence-electron chi connectivity index (χ3n) is 7.27. The molecule has 1 fully saturated rings. The number of carbonyl (C=O) groups excluding carboxylic acids is 1. The van der Waals surface area contributed by atoms with E-state index in [2.05, 4.69) is 39.9 Å². The molecule has 3 heterocycles. The van der Waals surface area contributed by atoms with Crippen molar-refractivity contribution in [1.29, 1.82) is 0 Å². The van der Waals surface area contributed by atoms with Gasteiger partial charge in [-0.1, -0.05) is 42.0 Å². The fourth-order valence-electron chi connectivity index (χ4n) is 5.51. The van der Waals surface area contributed by atoms with Crippen molar-refractivity contribution in [1.82, 2.24) is 4.90 Å². The minimum atomic E-state index is -3.34. The van der Waals surface area contributed by atoms with Gasteiger partial charge in [-0.25, -0.2) is 0 Å². The van der Waals surface area contributed by atoms with Gasteiger partial charge in [0.05, 0.1) is 11.4 Å². The predicted molar refractivity (Wildman–Crippen MR) is 120 cm³/mol. The predicted octanol–water partition coefficient (Wildman–Crippen LogP) is 4.33. The minimum Gasteiger partial charge on any atom is -0.371 e. The van der Waals surface area contributed by atoms with Gasteiger partial charge in [-0.15, -0.1) is 0 Å². The molecular formula is C25H29F2N3O. The van der Waals surface area contributed by atoms with E-state index in [9.17, 15) is 13.6 Å². The van der Waals surface area contributed by atoms with Crippen molar-refractivity contribution in [3.05, 3.63) is 59.2 Å². The smallest absolute Gasteiger partial charge is 0.310 e. The normalized spacial score (nSPS) is 23.0. The monoisotopic (exact) mass is 425 g/mol. The summed E-state index contributed by atoms with van der Waals surface area (Å²) < 4.78 is 29.4. The summed E-state index contributed by atoms with van der Waals surface area (Å²) in [6, 6.07) is 13.4. The third kappa shape index (κ3) is 3.51. The molecule has 0 aliphatic carbocycles. The summed E-state index contributed by atoms with van der Waals surface area (Å²) in [5.74, 6) is -4.07. The second-order valence-corrected chi connectivity index (χ2v) is 9.24. The highest BCUT2D eigenvalue weighted by Gasteiger charge is 2.45. The first kappa shape index (κ1) is 20.4. The molecule has 3 aliphatic heterocycles. The highest BCUT2D eigenvalue weighted by Crippen LogP contribution is 2.50. The lowest BCUT2D eigenvalue weighted by Gasteiger charge is -2.41. The van der Waals surface area contributed by atoms with Gasteiger partial charge in [0.1, 0.15) is 0 Å². The fraction of sp³-hybridized carbons (Fsp3) is 0.480. The number of halogens is 2. The molecule has 2 aromatic carbocycles. The standard InChI is InChI=1S/C25H29F2N3O/c1-17-6-8-18(9-7-17)24(31)25(26,27)11-13-29-12-10-21-20(16-29)19-4-3-5-22-23(19)30(21)15-14-28(22)2/h3-9,20-21H,10-16H2,1-2H3/t20-,21-/m0/s1. The van der Waals surface area contributed by atoms with Crippen LogP contribution in [0.25, 0.3) is 0 Å². The van der Waals surface area contributed by atoms with Crippen molar-refractivity contribution in [2.75, 3.05) is 49.6 Å². The Hall–Kier alpha value is -2.47. The number of hydrogen-bond donors (Lipinski definition) is 0. The number of anilines is 2. The quantitative estimate of drug-likeness (QED) is 0.667. The number of Topliss-reactive ketones (excluding diaryl/α,β-unsaturated/α-hetero) is 1. The molecule has 1 saturated heterocycles. The van der Waals surface area contributed by atoms with Crippen LogP contribution in [-0.2, 0) is 0 Å². The summed E-state index contributed by atoms with van der Waals surface area (Å²) in [5.41, 5.74) is 5.01. The highest BCUT2D eigenvalue weighted by atomic mass is 19.3. The zero-order chi connectivity index (χ0) is 21.8. The number of likely N-dealkylation sites (N-methyl/N-ethyl adjacent to an activating group) is 1. The first-order valence-corrected chi connectivity index (χ1v) is 11.2. The molecule has 6 heteroatoms. The minimum absolute atomic E-state index is 0.0877. The first-order valence-electron chi connectivity index (χ1n) is 11.2. The Morgan fingerprint density at radius 1 is 1.10 bits per heavy atom. The molecule has 0 spiro atoms. The zero-order valence-electron chi connectivity index (χ0n) is 18.2. The summed E-state index contributed by atoms with van der Waals surface area (Å²) in [4.78, 5) is 19.3. The van der Waals surface area contributed by atoms with E-state index < -0.39 is 18.1 Å². The fourth-order valence-corrected chi connectivity index (χ4v) is 5.51. The molecule has 0 amide bonds. The van der Waals surface area contributed by atoms with Crippen molar-refractivity contribution >= 4 is 17.2 Å². The van der Waals surface area contributed by atoms with Crippen LogP contribution in [0.2, 0.25) is 0 Å². The zero-order valence-corrected chi connectivity index (χ0v) is 18.2. The second-order valence-electron chi connectivity index (χ2n) is 9.24. The van der Waals surface area contributed by atoms with Gasteiger partial charge >= 0.3 is 5.92 Å². The molecule has 2 aromatic rings. The van der Waals surface area contributed by atoms with E-state index in [4.69, 9.17) is 0 Å². The Balaban J connectivity index is 1.28. The molecule has 2 atom stereocenters. The Bertz CT molecular complexity index is 991. The van der Waals surface area contributed by atoms with Gasteiger partial charge in [0.25, 0.3) is 0 Å². The summed E-state index contributed by atoms with van der Waals surface area (Å²) >= 11 is 0. The lowest BCUT2D eigenvalue weighted by Crippen LogP contribution is -2.49. The molecule has 0 unspecified atom stereocenters. The number of fused-ring (bicyclic) bond motifs is 3. The number of likely N-dealkylation sites (tertiary alicyclic amines) is 1. The lowest BCUT2D eigenvalue weighted by atomic mass is 9.88. The Morgan fingerprint density at radius 2 is 1.87 bits per heavy atom. The van der Waals surface area contributed by atoms with E-state index in [1.165, 1.54) is 29.1 Å².